The second-order valence-corrected chi connectivity index (χ2v) is 6.45. The van der Waals surface area contributed by atoms with E-state index in [0.717, 1.165) is 24.6 Å². The fraction of sp³-hybridized carbons (Fsp3) is 1.00. The van der Waals surface area contributed by atoms with Crippen molar-refractivity contribution in [2.45, 2.75) is 45.8 Å². The lowest BCUT2D eigenvalue weighted by Crippen LogP contribution is -2.46. The summed E-state index contributed by atoms with van der Waals surface area (Å²) in [5, 5.41) is 1.23. The second-order valence-electron chi connectivity index (χ2n) is 5.81. The number of halogens is 1. The van der Waals surface area contributed by atoms with E-state index in [1.165, 1.54) is 50.3 Å². The highest BCUT2D eigenvalue weighted by molar-refractivity contribution is 9.09. The van der Waals surface area contributed by atoms with Gasteiger partial charge in [0.1, 0.15) is 0 Å². The van der Waals surface area contributed by atoms with Crippen molar-refractivity contribution in [2.75, 3.05) is 18.4 Å². The first-order chi connectivity index (χ1) is 7.76. The molecular weight excluding hydrogens is 261 g/mol. The lowest BCUT2D eigenvalue weighted by atomic mass is 9.42. The maximum atomic E-state index is 3.68. The van der Waals surface area contributed by atoms with Crippen LogP contribution in [0.1, 0.15) is 33.1 Å². The molecule has 2 rings (SSSR count). The molecular formula is C13H25BBrN. The maximum Gasteiger partial charge on any atom is 0.223 e. The molecule has 0 amide bonds. The highest BCUT2D eigenvalue weighted by atomic mass is 79.9. The molecule has 2 bridgehead atoms. The fourth-order valence-corrected chi connectivity index (χ4v) is 4.65. The van der Waals surface area contributed by atoms with Crippen LogP contribution in [0.2, 0.25) is 12.6 Å². The average Bonchev–Trinajstić information content (AvgIpc) is 2.29. The van der Waals surface area contributed by atoms with Crippen LogP contribution in [0.5, 0.6) is 0 Å². The monoisotopic (exact) mass is 285 g/mol. The fourth-order valence-electron chi connectivity index (χ4n) is 4.12. The van der Waals surface area contributed by atoms with Crippen molar-refractivity contribution < 1.29 is 0 Å². The number of hydrogen-bond acceptors (Lipinski definition) is 1. The van der Waals surface area contributed by atoms with E-state index in [0.29, 0.717) is 0 Å². The first-order valence-corrected chi connectivity index (χ1v) is 8.18. The third-order valence-corrected chi connectivity index (χ3v) is 5.67. The third kappa shape index (κ3) is 2.84. The Morgan fingerprint density at radius 2 is 1.62 bits per heavy atom. The van der Waals surface area contributed by atoms with Crippen molar-refractivity contribution in [2.24, 2.45) is 17.8 Å². The molecule has 2 unspecified atom stereocenters. The van der Waals surface area contributed by atoms with Gasteiger partial charge in [0.25, 0.3) is 0 Å². The van der Waals surface area contributed by atoms with Crippen molar-refractivity contribution >= 4 is 22.8 Å². The van der Waals surface area contributed by atoms with Gasteiger partial charge in [0.15, 0.2) is 0 Å². The molecule has 0 spiro atoms. The van der Waals surface area contributed by atoms with Crippen molar-refractivity contribution in [1.29, 1.82) is 0 Å². The predicted molar refractivity (Wildman–Crippen MR) is 76.4 cm³/mol. The summed E-state index contributed by atoms with van der Waals surface area (Å²) < 4.78 is 0. The minimum atomic E-state index is 0.898. The molecule has 1 saturated carbocycles. The van der Waals surface area contributed by atoms with Crippen LogP contribution in [-0.4, -0.2) is 30.1 Å². The maximum absolute atomic E-state index is 3.68. The largest absolute Gasteiger partial charge is 0.342 e. The topological polar surface area (TPSA) is 3.24 Å². The van der Waals surface area contributed by atoms with Crippen LogP contribution < -0.4 is 0 Å². The smallest absolute Gasteiger partial charge is 0.223 e. The lowest BCUT2D eigenvalue weighted by Gasteiger charge is -2.44. The highest BCUT2D eigenvalue weighted by Crippen LogP contribution is 2.44. The number of fused-ring (bicyclic) bond motifs is 2. The molecule has 3 heteroatoms. The zero-order valence-corrected chi connectivity index (χ0v) is 12.4. The van der Waals surface area contributed by atoms with Gasteiger partial charge in [0.05, 0.1) is 0 Å². The summed E-state index contributed by atoms with van der Waals surface area (Å²) in [5.41, 5.74) is 0. The molecule has 0 aromatic heterocycles. The summed E-state index contributed by atoms with van der Waals surface area (Å²) in [6.07, 6.45) is 7.45. The first kappa shape index (κ1) is 12.9. The minimum Gasteiger partial charge on any atom is -0.342 e. The summed E-state index contributed by atoms with van der Waals surface area (Å²) in [7, 11) is 0. The molecule has 1 saturated heterocycles. The summed E-state index contributed by atoms with van der Waals surface area (Å²) in [4.78, 5) is 2.69. The van der Waals surface area contributed by atoms with E-state index in [1.54, 1.807) is 0 Å². The van der Waals surface area contributed by atoms with E-state index >= 15 is 0 Å². The summed E-state index contributed by atoms with van der Waals surface area (Å²) in [6, 6.07) is 0. The zero-order valence-electron chi connectivity index (χ0n) is 10.8. The lowest BCUT2D eigenvalue weighted by molar-refractivity contribution is 0.214. The third-order valence-electron chi connectivity index (χ3n) is 4.76. The average molecular weight is 286 g/mol. The Kier molecular flexibility index (Phi) is 4.78. The summed E-state index contributed by atoms with van der Waals surface area (Å²) in [5.74, 6) is 3.03. The van der Waals surface area contributed by atoms with Gasteiger partial charge in [-0.25, -0.2) is 0 Å². The van der Waals surface area contributed by atoms with Crippen LogP contribution in [0.3, 0.4) is 0 Å². The van der Waals surface area contributed by atoms with Gasteiger partial charge in [-0.2, -0.15) is 0 Å². The van der Waals surface area contributed by atoms with E-state index in [-0.39, 0.29) is 0 Å². The zero-order chi connectivity index (χ0) is 11.5. The molecule has 1 aliphatic carbocycles. The normalized spacial score (nSPS) is 34.5. The predicted octanol–water partition coefficient (Wildman–Crippen LogP) is 3.76. The SMILES string of the molecule is CCN(CC)B1CC2CC(CBr)CC(C1)C2. The molecule has 1 aliphatic heterocycles. The first-order valence-electron chi connectivity index (χ1n) is 7.06. The van der Waals surface area contributed by atoms with E-state index in [1.807, 2.05) is 0 Å². The Morgan fingerprint density at radius 3 is 2.06 bits per heavy atom. The van der Waals surface area contributed by atoms with Crippen LogP contribution >= 0.6 is 15.9 Å². The number of hydrogen-bond donors (Lipinski definition) is 0. The van der Waals surface area contributed by atoms with Crippen LogP contribution in [0.25, 0.3) is 0 Å². The Labute approximate surface area is 110 Å². The highest BCUT2D eigenvalue weighted by Gasteiger charge is 2.38. The van der Waals surface area contributed by atoms with Crippen LogP contribution in [0.15, 0.2) is 0 Å². The van der Waals surface area contributed by atoms with E-state index in [2.05, 4.69) is 34.6 Å². The van der Waals surface area contributed by atoms with Gasteiger partial charge in [-0.3, -0.25) is 0 Å². The molecule has 1 heterocycles. The number of rotatable bonds is 4. The molecule has 2 fully saturated rings. The quantitative estimate of drug-likeness (QED) is 0.562. The van der Waals surface area contributed by atoms with Crippen LogP contribution in [0, 0.1) is 17.8 Å². The van der Waals surface area contributed by atoms with Crippen molar-refractivity contribution in [3.63, 3.8) is 0 Å². The molecule has 0 aromatic rings. The van der Waals surface area contributed by atoms with Crippen molar-refractivity contribution in [3.05, 3.63) is 0 Å². The molecule has 0 aromatic carbocycles. The summed E-state index contributed by atoms with van der Waals surface area (Å²) >= 11 is 3.68. The molecule has 92 valence electrons. The molecule has 1 nitrogen and oxygen atoms in total. The Bertz CT molecular complexity index is 206. The van der Waals surface area contributed by atoms with E-state index < -0.39 is 0 Å². The van der Waals surface area contributed by atoms with Gasteiger partial charge in [0, 0.05) is 5.33 Å². The van der Waals surface area contributed by atoms with Gasteiger partial charge < -0.3 is 4.81 Å². The van der Waals surface area contributed by atoms with Gasteiger partial charge in [0.2, 0.25) is 6.85 Å². The molecule has 0 N–H and O–H groups in total. The van der Waals surface area contributed by atoms with Crippen molar-refractivity contribution in [1.82, 2.24) is 4.81 Å². The van der Waals surface area contributed by atoms with Gasteiger partial charge in [-0.15, -0.1) is 0 Å². The molecule has 2 atom stereocenters. The standard InChI is InChI=1S/C13H25BBrN/c1-3-16(4-2)14-8-11-5-12(9-14)7-13(6-11)10-15/h11-13H,3-10H2,1-2H3. The number of alkyl halides is 1. The van der Waals surface area contributed by atoms with Gasteiger partial charge >= 0.3 is 0 Å². The van der Waals surface area contributed by atoms with E-state index in [9.17, 15) is 0 Å². The van der Waals surface area contributed by atoms with Crippen LogP contribution in [0.4, 0.5) is 0 Å². The van der Waals surface area contributed by atoms with Gasteiger partial charge in [-0.1, -0.05) is 42.4 Å². The van der Waals surface area contributed by atoms with E-state index in [4.69, 9.17) is 0 Å². The number of nitrogens with zero attached hydrogens (tertiary/aromatic N) is 1. The summed E-state index contributed by atoms with van der Waals surface area (Å²) in [6.45, 7) is 8.00. The Morgan fingerprint density at radius 1 is 1.06 bits per heavy atom. The van der Waals surface area contributed by atoms with Gasteiger partial charge in [-0.05, 0) is 50.1 Å². The van der Waals surface area contributed by atoms with Crippen molar-refractivity contribution in [3.8, 4) is 0 Å². The Hall–Kier alpha value is 0.505. The van der Waals surface area contributed by atoms with Crippen LogP contribution in [-0.2, 0) is 0 Å². The molecule has 0 radical (unpaired) electrons. The molecule has 2 aliphatic rings. The minimum absolute atomic E-state index is 0.898. The Balaban J connectivity index is 1.94. The second kappa shape index (κ2) is 5.90. The molecule has 16 heavy (non-hydrogen) atoms.